The topological polar surface area (TPSA) is 49.9 Å². The zero-order valence-electron chi connectivity index (χ0n) is 15.3. The van der Waals surface area contributed by atoms with Gasteiger partial charge in [-0.1, -0.05) is 17.7 Å². The smallest absolute Gasteiger partial charge is 0.310 e. The summed E-state index contributed by atoms with van der Waals surface area (Å²) in [7, 11) is 0. The molecule has 1 atom stereocenters. The van der Waals surface area contributed by atoms with Gasteiger partial charge in [-0.05, 0) is 51.2 Å². The third kappa shape index (κ3) is 4.14. The fourth-order valence-electron chi connectivity index (χ4n) is 3.89. The number of carbonyl (C=O) groups excluding carboxylic acids is 2. The summed E-state index contributed by atoms with van der Waals surface area (Å²) >= 11 is 0. The number of piperidine rings is 1. The van der Waals surface area contributed by atoms with Crippen LogP contribution in [-0.4, -0.2) is 49.6 Å². The molecule has 1 saturated heterocycles. The Morgan fingerprint density at radius 3 is 2.88 bits per heavy atom. The van der Waals surface area contributed by atoms with Crippen molar-refractivity contribution < 1.29 is 14.3 Å². The summed E-state index contributed by atoms with van der Waals surface area (Å²) < 4.78 is 5.13. The van der Waals surface area contributed by atoms with Crippen molar-refractivity contribution >= 4 is 17.6 Å². The van der Waals surface area contributed by atoms with Crippen molar-refractivity contribution in [2.45, 2.75) is 39.5 Å². The Morgan fingerprint density at radius 1 is 1.24 bits per heavy atom. The van der Waals surface area contributed by atoms with Crippen LogP contribution in [0.1, 0.15) is 37.3 Å². The quantitative estimate of drug-likeness (QED) is 0.788. The Labute approximate surface area is 149 Å². The maximum absolute atomic E-state index is 12.8. The van der Waals surface area contributed by atoms with Crippen molar-refractivity contribution in [1.29, 1.82) is 0 Å². The molecule has 0 N–H and O–H groups in total. The molecule has 1 unspecified atom stereocenters. The highest BCUT2D eigenvalue weighted by molar-refractivity contribution is 5.83. The molecule has 0 saturated carbocycles. The molecule has 2 heterocycles. The van der Waals surface area contributed by atoms with Crippen molar-refractivity contribution in [3.63, 3.8) is 0 Å². The van der Waals surface area contributed by atoms with Crippen molar-refractivity contribution in [3.8, 4) is 0 Å². The van der Waals surface area contributed by atoms with E-state index < -0.39 is 0 Å². The number of anilines is 1. The van der Waals surface area contributed by atoms with Gasteiger partial charge in [-0.3, -0.25) is 9.59 Å². The van der Waals surface area contributed by atoms with Crippen LogP contribution in [0.5, 0.6) is 0 Å². The zero-order valence-corrected chi connectivity index (χ0v) is 15.3. The van der Waals surface area contributed by atoms with E-state index in [4.69, 9.17) is 4.74 Å². The lowest BCUT2D eigenvalue weighted by molar-refractivity contribution is -0.151. The van der Waals surface area contributed by atoms with Crippen LogP contribution in [0.2, 0.25) is 0 Å². The number of fused-ring (bicyclic) bond motifs is 1. The average molecular weight is 344 g/mol. The third-order valence-electron chi connectivity index (χ3n) is 5.17. The van der Waals surface area contributed by atoms with Gasteiger partial charge in [0.25, 0.3) is 0 Å². The number of amides is 1. The minimum Gasteiger partial charge on any atom is -0.466 e. The lowest BCUT2D eigenvalue weighted by atomic mass is 9.97. The minimum atomic E-state index is -0.172. The predicted octanol–water partition coefficient (Wildman–Crippen LogP) is 2.55. The Kier molecular flexibility index (Phi) is 5.61. The number of hydrogen-bond donors (Lipinski definition) is 0. The first kappa shape index (κ1) is 17.8. The van der Waals surface area contributed by atoms with E-state index in [9.17, 15) is 9.59 Å². The normalized spacial score (nSPS) is 20.2. The lowest BCUT2D eigenvalue weighted by Crippen LogP contribution is -2.47. The van der Waals surface area contributed by atoms with E-state index in [1.807, 2.05) is 11.8 Å². The number of aryl methyl sites for hydroxylation is 2. The molecule has 0 aliphatic carbocycles. The van der Waals surface area contributed by atoms with Gasteiger partial charge in [-0.15, -0.1) is 0 Å². The summed E-state index contributed by atoms with van der Waals surface area (Å²) in [5, 5.41) is 0. The molecule has 0 radical (unpaired) electrons. The van der Waals surface area contributed by atoms with Gasteiger partial charge < -0.3 is 14.5 Å². The molecular formula is C20H28N2O3. The van der Waals surface area contributed by atoms with E-state index in [1.54, 1.807) is 0 Å². The second-order valence-electron chi connectivity index (χ2n) is 7.09. The SMILES string of the molecule is CCOC(=O)C1CCCN(C(=O)CN2CCCc3cc(C)ccc32)C1. The Bertz CT molecular complexity index is 644. The molecule has 1 fully saturated rings. The Morgan fingerprint density at radius 2 is 2.08 bits per heavy atom. The number of likely N-dealkylation sites (tertiary alicyclic amines) is 1. The summed E-state index contributed by atoms with van der Waals surface area (Å²) in [5.41, 5.74) is 3.78. The van der Waals surface area contributed by atoms with Crippen LogP contribution < -0.4 is 4.90 Å². The molecular weight excluding hydrogens is 316 g/mol. The predicted molar refractivity (Wildman–Crippen MR) is 97.7 cm³/mol. The van der Waals surface area contributed by atoms with Crippen LogP contribution >= 0.6 is 0 Å². The van der Waals surface area contributed by atoms with Crippen molar-refractivity contribution in [1.82, 2.24) is 4.90 Å². The zero-order chi connectivity index (χ0) is 17.8. The highest BCUT2D eigenvalue weighted by Gasteiger charge is 2.30. The highest BCUT2D eigenvalue weighted by atomic mass is 16.5. The lowest BCUT2D eigenvalue weighted by Gasteiger charge is -2.36. The molecule has 1 aromatic carbocycles. The van der Waals surface area contributed by atoms with Gasteiger partial charge in [0.05, 0.1) is 19.1 Å². The second-order valence-corrected chi connectivity index (χ2v) is 7.09. The standard InChI is InChI=1S/C20H28N2O3/c1-3-25-20(24)17-7-5-11-22(13-17)19(23)14-21-10-4-6-16-12-15(2)8-9-18(16)21/h8-9,12,17H,3-7,10-11,13-14H2,1-2H3. The molecule has 0 bridgehead atoms. The number of ether oxygens (including phenoxy) is 1. The number of hydrogen-bond acceptors (Lipinski definition) is 4. The summed E-state index contributed by atoms with van der Waals surface area (Å²) in [4.78, 5) is 28.8. The van der Waals surface area contributed by atoms with Crippen LogP contribution in [0, 0.1) is 12.8 Å². The van der Waals surface area contributed by atoms with E-state index in [0.29, 0.717) is 19.7 Å². The molecule has 0 aromatic heterocycles. The molecule has 1 amide bonds. The molecule has 136 valence electrons. The number of benzene rings is 1. The van der Waals surface area contributed by atoms with Gasteiger partial charge in [-0.25, -0.2) is 0 Å². The van der Waals surface area contributed by atoms with Crippen LogP contribution in [0.15, 0.2) is 18.2 Å². The largest absolute Gasteiger partial charge is 0.466 e. The molecule has 5 nitrogen and oxygen atoms in total. The fraction of sp³-hybridized carbons (Fsp3) is 0.600. The van der Waals surface area contributed by atoms with E-state index in [1.165, 1.54) is 16.8 Å². The van der Waals surface area contributed by atoms with Gasteiger partial charge in [0, 0.05) is 25.3 Å². The van der Waals surface area contributed by atoms with Crippen molar-refractivity contribution in [2.75, 3.05) is 37.7 Å². The molecule has 25 heavy (non-hydrogen) atoms. The summed E-state index contributed by atoms with van der Waals surface area (Å²) in [6, 6.07) is 6.47. The Hall–Kier alpha value is -2.04. The summed E-state index contributed by atoms with van der Waals surface area (Å²) in [5.74, 6) is -0.227. The second kappa shape index (κ2) is 7.89. The summed E-state index contributed by atoms with van der Waals surface area (Å²) in [6.45, 7) is 6.86. The van der Waals surface area contributed by atoms with Crippen molar-refractivity contribution in [2.24, 2.45) is 5.92 Å². The van der Waals surface area contributed by atoms with Gasteiger partial charge in [-0.2, -0.15) is 0 Å². The fourth-order valence-corrected chi connectivity index (χ4v) is 3.89. The minimum absolute atomic E-state index is 0.113. The average Bonchev–Trinajstić information content (AvgIpc) is 2.62. The Balaban J connectivity index is 1.64. The third-order valence-corrected chi connectivity index (χ3v) is 5.17. The number of esters is 1. The highest BCUT2D eigenvalue weighted by Crippen LogP contribution is 2.28. The van der Waals surface area contributed by atoms with E-state index in [2.05, 4.69) is 30.0 Å². The number of rotatable bonds is 4. The van der Waals surface area contributed by atoms with Gasteiger partial charge >= 0.3 is 5.97 Å². The summed E-state index contributed by atoms with van der Waals surface area (Å²) in [6.07, 6.45) is 3.84. The first-order chi connectivity index (χ1) is 12.1. The van der Waals surface area contributed by atoms with Gasteiger partial charge in [0.15, 0.2) is 0 Å². The molecule has 0 spiro atoms. The molecule has 5 heteroatoms. The van der Waals surface area contributed by atoms with Crippen molar-refractivity contribution in [3.05, 3.63) is 29.3 Å². The monoisotopic (exact) mass is 344 g/mol. The van der Waals surface area contributed by atoms with E-state index in [-0.39, 0.29) is 17.8 Å². The van der Waals surface area contributed by atoms with Crippen LogP contribution in [0.4, 0.5) is 5.69 Å². The molecule has 2 aliphatic heterocycles. The number of nitrogens with zero attached hydrogens (tertiary/aromatic N) is 2. The maximum atomic E-state index is 12.8. The maximum Gasteiger partial charge on any atom is 0.310 e. The van der Waals surface area contributed by atoms with Gasteiger partial charge in [0.2, 0.25) is 5.91 Å². The number of carbonyl (C=O) groups is 2. The first-order valence-electron chi connectivity index (χ1n) is 9.37. The van der Waals surface area contributed by atoms with E-state index >= 15 is 0 Å². The van der Waals surface area contributed by atoms with Crippen LogP contribution in [-0.2, 0) is 20.7 Å². The van der Waals surface area contributed by atoms with E-state index in [0.717, 1.165) is 38.8 Å². The van der Waals surface area contributed by atoms with Crippen LogP contribution in [0.25, 0.3) is 0 Å². The van der Waals surface area contributed by atoms with Gasteiger partial charge in [0.1, 0.15) is 0 Å². The van der Waals surface area contributed by atoms with Crippen LogP contribution in [0.3, 0.4) is 0 Å². The molecule has 3 rings (SSSR count). The first-order valence-corrected chi connectivity index (χ1v) is 9.37. The molecule has 2 aliphatic rings. The molecule has 1 aromatic rings.